The van der Waals surface area contributed by atoms with Gasteiger partial charge >= 0.3 is 0 Å². The Morgan fingerprint density at radius 2 is 2.04 bits per heavy atom. The van der Waals surface area contributed by atoms with Gasteiger partial charge in [-0.25, -0.2) is 0 Å². The number of anilines is 1. The van der Waals surface area contributed by atoms with Crippen molar-refractivity contribution < 1.29 is 19.1 Å². The molecule has 1 N–H and O–H groups in total. The second-order valence-electron chi connectivity index (χ2n) is 6.67. The van der Waals surface area contributed by atoms with Crippen molar-refractivity contribution in [3.63, 3.8) is 0 Å². The molecule has 140 valence electrons. The lowest BCUT2D eigenvalue weighted by molar-refractivity contribution is -0.132. The summed E-state index contributed by atoms with van der Waals surface area (Å²) in [7, 11) is 0. The number of fused-ring (bicyclic) bond motifs is 1. The fourth-order valence-electron chi connectivity index (χ4n) is 3.29. The van der Waals surface area contributed by atoms with Gasteiger partial charge in [0.15, 0.2) is 11.5 Å². The van der Waals surface area contributed by atoms with E-state index in [4.69, 9.17) is 21.1 Å². The first-order valence-electron chi connectivity index (χ1n) is 8.77. The molecule has 0 unspecified atom stereocenters. The van der Waals surface area contributed by atoms with E-state index in [-0.39, 0.29) is 18.6 Å². The standard InChI is InChI=1S/C20H19ClN2O4/c1-12-2-4-14(9-16(12)21)23-7-6-15(20(23)25)19(24)22-10-13-3-5-17-18(8-13)27-11-26-17/h2-5,8-9,15H,6-7,10-11H2,1H3,(H,22,24)/t15-/m1/s1. The minimum atomic E-state index is -0.681. The number of aryl methyl sites for hydroxylation is 1. The maximum absolute atomic E-state index is 12.7. The van der Waals surface area contributed by atoms with E-state index in [1.54, 1.807) is 11.0 Å². The van der Waals surface area contributed by atoms with Gasteiger partial charge in [-0.3, -0.25) is 9.59 Å². The lowest BCUT2D eigenvalue weighted by Gasteiger charge is -2.17. The van der Waals surface area contributed by atoms with Crippen molar-refractivity contribution in [3.05, 3.63) is 52.5 Å². The molecule has 0 radical (unpaired) electrons. The van der Waals surface area contributed by atoms with Crippen LogP contribution < -0.4 is 19.7 Å². The van der Waals surface area contributed by atoms with E-state index in [9.17, 15) is 9.59 Å². The molecule has 0 saturated carbocycles. The van der Waals surface area contributed by atoms with Crippen LogP contribution in [-0.4, -0.2) is 25.2 Å². The van der Waals surface area contributed by atoms with E-state index in [0.717, 1.165) is 16.8 Å². The van der Waals surface area contributed by atoms with Crippen molar-refractivity contribution in [3.8, 4) is 11.5 Å². The number of hydrogen-bond donors (Lipinski definition) is 1. The summed E-state index contributed by atoms with van der Waals surface area (Å²) in [5.74, 6) is 0.222. The molecule has 2 aliphatic rings. The minimum Gasteiger partial charge on any atom is -0.454 e. The van der Waals surface area contributed by atoms with E-state index in [1.807, 2.05) is 37.3 Å². The number of benzene rings is 2. The summed E-state index contributed by atoms with van der Waals surface area (Å²) >= 11 is 6.16. The van der Waals surface area contributed by atoms with Crippen molar-refractivity contribution in [2.45, 2.75) is 19.9 Å². The zero-order valence-corrected chi connectivity index (χ0v) is 15.6. The molecule has 4 rings (SSSR count). The first kappa shape index (κ1) is 17.7. The topological polar surface area (TPSA) is 67.9 Å². The van der Waals surface area contributed by atoms with Gasteiger partial charge in [-0.2, -0.15) is 0 Å². The van der Waals surface area contributed by atoms with Crippen molar-refractivity contribution in [2.24, 2.45) is 5.92 Å². The number of carbonyl (C=O) groups is 2. The van der Waals surface area contributed by atoms with Crippen LogP contribution in [0.15, 0.2) is 36.4 Å². The van der Waals surface area contributed by atoms with Crippen LogP contribution >= 0.6 is 11.6 Å². The highest BCUT2D eigenvalue weighted by Gasteiger charge is 2.37. The van der Waals surface area contributed by atoms with E-state index in [0.29, 0.717) is 36.0 Å². The third-order valence-corrected chi connectivity index (χ3v) is 5.30. The van der Waals surface area contributed by atoms with Crippen LogP contribution in [0.1, 0.15) is 17.5 Å². The molecule has 2 aromatic carbocycles. The highest BCUT2D eigenvalue weighted by Crippen LogP contribution is 2.32. The molecule has 1 atom stereocenters. The summed E-state index contributed by atoms with van der Waals surface area (Å²) in [5.41, 5.74) is 2.56. The van der Waals surface area contributed by atoms with Crippen LogP contribution in [0.2, 0.25) is 5.02 Å². The average Bonchev–Trinajstić information content (AvgIpc) is 3.28. The first-order chi connectivity index (χ1) is 13.0. The summed E-state index contributed by atoms with van der Waals surface area (Å²) in [4.78, 5) is 26.8. The van der Waals surface area contributed by atoms with Gasteiger partial charge < -0.3 is 19.7 Å². The fraction of sp³-hybridized carbons (Fsp3) is 0.300. The highest BCUT2D eigenvalue weighted by molar-refractivity contribution is 6.31. The van der Waals surface area contributed by atoms with Crippen LogP contribution in [0.3, 0.4) is 0 Å². The van der Waals surface area contributed by atoms with Crippen molar-refractivity contribution in [1.29, 1.82) is 0 Å². The predicted octanol–water partition coefficient (Wildman–Crippen LogP) is 3.05. The Morgan fingerprint density at radius 3 is 2.85 bits per heavy atom. The Kier molecular flexibility index (Phi) is 4.66. The van der Waals surface area contributed by atoms with Crippen molar-refractivity contribution in [2.75, 3.05) is 18.2 Å². The van der Waals surface area contributed by atoms with E-state index in [2.05, 4.69) is 5.32 Å². The normalized spacial score (nSPS) is 18.1. The monoisotopic (exact) mass is 386 g/mol. The van der Waals surface area contributed by atoms with Crippen LogP contribution in [0.25, 0.3) is 0 Å². The summed E-state index contributed by atoms with van der Waals surface area (Å²) in [6.45, 7) is 2.95. The number of ether oxygens (including phenoxy) is 2. The summed E-state index contributed by atoms with van der Waals surface area (Å²) < 4.78 is 10.6. The molecule has 2 aromatic rings. The number of halogens is 1. The van der Waals surface area contributed by atoms with Crippen LogP contribution in [0.4, 0.5) is 5.69 Å². The number of nitrogens with zero attached hydrogens (tertiary/aromatic N) is 1. The molecule has 0 bridgehead atoms. The smallest absolute Gasteiger partial charge is 0.239 e. The lowest BCUT2D eigenvalue weighted by Crippen LogP contribution is -2.36. The summed E-state index contributed by atoms with van der Waals surface area (Å²) in [6, 6.07) is 11.0. The number of amides is 2. The van der Waals surface area contributed by atoms with Crippen molar-refractivity contribution >= 4 is 29.1 Å². The van der Waals surface area contributed by atoms with Gasteiger partial charge in [0, 0.05) is 23.8 Å². The second-order valence-corrected chi connectivity index (χ2v) is 7.08. The molecule has 6 nitrogen and oxygen atoms in total. The third kappa shape index (κ3) is 3.45. The molecule has 0 aliphatic carbocycles. The molecular weight excluding hydrogens is 368 g/mol. The van der Waals surface area contributed by atoms with E-state index < -0.39 is 5.92 Å². The summed E-state index contributed by atoms with van der Waals surface area (Å²) in [5, 5.41) is 3.45. The zero-order valence-electron chi connectivity index (χ0n) is 14.8. The number of carbonyl (C=O) groups excluding carboxylic acids is 2. The molecule has 7 heteroatoms. The highest BCUT2D eigenvalue weighted by atomic mass is 35.5. The van der Waals surface area contributed by atoms with Gasteiger partial charge in [-0.1, -0.05) is 23.7 Å². The Labute approximate surface area is 162 Å². The molecule has 2 amide bonds. The summed E-state index contributed by atoms with van der Waals surface area (Å²) in [6.07, 6.45) is 0.483. The maximum atomic E-state index is 12.7. The zero-order chi connectivity index (χ0) is 19.0. The van der Waals surface area contributed by atoms with Crippen LogP contribution in [0.5, 0.6) is 11.5 Å². The van der Waals surface area contributed by atoms with Crippen LogP contribution in [-0.2, 0) is 16.1 Å². The minimum absolute atomic E-state index is 0.196. The molecule has 1 fully saturated rings. The maximum Gasteiger partial charge on any atom is 0.239 e. The molecule has 27 heavy (non-hydrogen) atoms. The van der Waals surface area contributed by atoms with Gasteiger partial charge in [-0.15, -0.1) is 0 Å². The van der Waals surface area contributed by atoms with Gasteiger partial charge in [0.2, 0.25) is 18.6 Å². The van der Waals surface area contributed by atoms with Crippen LogP contribution in [0, 0.1) is 12.8 Å². The van der Waals surface area contributed by atoms with E-state index in [1.165, 1.54) is 0 Å². The lowest BCUT2D eigenvalue weighted by atomic mass is 10.1. The van der Waals surface area contributed by atoms with Gasteiger partial charge in [0.05, 0.1) is 0 Å². The van der Waals surface area contributed by atoms with Gasteiger partial charge in [-0.05, 0) is 48.7 Å². The largest absolute Gasteiger partial charge is 0.454 e. The van der Waals surface area contributed by atoms with Crippen molar-refractivity contribution in [1.82, 2.24) is 5.32 Å². The molecule has 2 aliphatic heterocycles. The first-order valence-corrected chi connectivity index (χ1v) is 9.14. The molecule has 0 aromatic heterocycles. The molecular formula is C20H19ClN2O4. The Bertz CT molecular complexity index is 915. The van der Waals surface area contributed by atoms with E-state index >= 15 is 0 Å². The average molecular weight is 387 g/mol. The molecule has 2 heterocycles. The van der Waals surface area contributed by atoms with Gasteiger partial charge in [0.1, 0.15) is 5.92 Å². The number of nitrogens with one attached hydrogen (secondary N) is 1. The Morgan fingerprint density at radius 1 is 1.22 bits per heavy atom. The molecule has 0 spiro atoms. The number of hydrogen-bond acceptors (Lipinski definition) is 4. The fourth-order valence-corrected chi connectivity index (χ4v) is 3.47. The molecule has 1 saturated heterocycles. The Balaban J connectivity index is 1.39. The third-order valence-electron chi connectivity index (χ3n) is 4.89. The second kappa shape index (κ2) is 7.12. The SMILES string of the molecule is Cc1ccc(N2CC[C@H](C(=O)NCc3ccc4c(c3)OCO4)C2=O)cc1Cl. The predicted molar refractivity (Wildman–Crippen MR) is 101 cm³/mol. The Hall–Kier alpha value is -2.73. The quantitative estimate of drug-likeness (QED) is 0.820. The number of rotatable bonds is 4. The van der Waals surface area contributed by atoms with Gasteiger partial charge in [0.25, 0.3) is 0 Å².